The Morgan fingerprint density at radius 1 is 1.20 bits per heavy atom. The molecule has 5 heteroatoms. The predicted octanol–water partition coefficient (Wildman–Crippen LogP) is 2.68. The van der Waals surface area contributed by atoms with Crippen LogP contribution in [0.5, 0.6) is 0 Å². The minimum atomic E-state index is -0.127. The molecule has 3 rings (SSSR count). The zero-order valence-corrected chi connectivity index (χ0v) is 11.3. The lowest BCUT2D eigenvalue weighted by atomic mass is 10.1. The van der Waals surface area contributed by atoms with Crippen molar-refractivity contribution in [3.8, 4) is 0 Å². The molecule has 0 unspecified atom stereocenters. The van der Waals surface area contributed by atoms with Gasteiger partial charge in [-0.2, -0.15) is 5.10 Å². The summed E-state index contributed by atoms with van der Waals surface area (Å²) in [6, 6.07) is 12.6. The summed E-state index contributed by atoms with van der Waals surface area (Å²) in [6.45, 7) is 0.326. The second-order valence-corrected chi connectivity index (χ2v) is 4.97. The van der Waals surface area contributed by atoms with E-state index in [1.807, 2.05) is 18.2 Å². The molecular formula is C15H12ClN3O. The number of rotatable bonds is 2. The third-order valence-electron chi connectivity index (χ3n) is 3.19. The lowest BCUT2D eigenvalue weighted by Gasteiger charge is -2.08. The lowest BCUT2D eigenvalue weighted by molar-refractivity contribution is 0.648. The van der Waals surface area contributed by atoms with Gasteiger partial charge in [-0.1, -0.05) is 35.9 Å². The molecule has 1 heterocycles. The first-order chi connectivity index (χ1) is 9.65. The molecule has 0 saturated heterocycles. The van der Waals surface area contributed by atoms with E-state index in [1.165, 1.54) is 4.68 Å². The summed E-state index contributed by atoms with van der Waals surface area (Å²) >= 11 is 5.87. The van der Waals surface area contributed by atoms with E-state index in [0.717, 1.165) is 10.9 Å². The van der Waals surface area contributed by atoms with Crippen LogP contribution in [0.2, 0.25) is 5.02 Å². The largest absolute Gasteiger partial charge is 0.398 e. The molecular weight excluding hydrogens is 274 g/mol. The molecule has 1 aromatic heterocycles. The molecule has 0 amide bonds. The van der Waals surface area contributed by atoms with Crippen LogP contribution >= 0.6 is 11.6 Å². The molecule has 0 saturated carbocycles. The van der Waals surface area contributed by atoms with E-state index >= 15 is 0 Å². The SMILES string of the molecule is Nc1cc(Cl)ccc1Cn1ncc2ccccc2c1=O. The van der Waals surface area contributed by atoms with Crippen molar-refractivity contribution in [3.63, 3.8) is 0 Å². The maximum atomic E-state index is 12.3. The third kappa shape index (κ3) is 2.26. The third-order valence-corrected chi connectivity index (χ3v) is 3.42. The second kappa shape index (κ2) is 4.98. The Hall–Kier alpha value is -2.33. The number of aromatic nitrogens is 2. The smallest absolute Gasteiger partial charge is 0.274 e. The number of benzene rings is 2. The van der Waals surface area contributed by atoms with Crippen LogP contribution in [0.3, 0.4) is 0 Å². The fourth-order valence-corrected chi connectivity index (χ4v) is 2.29. The molecule has 0 aliphatic carbocycles. The zero-order chi connectivity index (χ0) is 14.1. The van der Waals surface area contributed by atoms with E-state index in [4.69, 9.17) is 17.3 Å². The Bertz CT molecular complexity index is 842. The van der Waals surface area contributed by atoms with Crippen LogP contribution in [-0.2, 0) is 6.54 Å². The highest BCUT2D eigenvalue weighted by Crippen LogP contribution is 2.18. The summed E-state index contributed by atoms with van der Waals surface area (Å²) in [5, 5.41) is 6.23. The molecule has 100 valence electrons. The minimum absolute atomic E-state index is 0.127. The number of nitrogens with zero attached hydrogens (tertiary/aromatic N) is 2. The van der Waals surface area contributed by atoms with Crippen LogP contribution in [-0.4, -0.2) is 9.78 Å². The van der Waals surface area contributed by atoms with E-state index in [1.54, 1.807) is 30.5 Å². The van der Waals surface area contributed by atoms with E-state index in [0.29, 0.717) is 22.6 Å². The van der Waals surface area contributed by atoms with Crippen LogP contribution in [0.4, 0.5) is 5.69 Å². The minimum Gasteiger partial charge on any atom is -0.398 e. The highest BCUT2D eigenvalue weighted by atomic mass is 35.5. The van der Waals surface area contributed by atoms with Crippen LogP contribution in [0.15, 0.2) is 53.5 Å². The summed E-state index contributed by atoms with van der Waals surface area (Å²) < 4.78 is 1.40. The van der Waals surface area contributed by atoms with Crippen molar-refractivity contribution in [2.45, 2.75) is 6.54 Å². The van der Waals surface area contributed by atoms with Gasteiger partial charge in [-0.3, -0.25) is 4.79 Å². The molecule has 0 atom stereocenters. The van der Waals surface area contributed by atoms with Gasteiger partial charge in [-0.15, -0.1) is 0 Å². The topological polar surface area (TPSA) is 60.9 Å². The van der Waals surface area contributed by atoms with Crippen molar-refractivity contribution in [2.24, 2.45) is 0 Å². The number of hydrogen-bond donors (Lipinski definition) is 1. The number of nitrogen functional groups attached to an aromatic ring is 1. The van der Waals surface area contributed by atoms with E-state index < -0.39 is 0 Å². The maximum absolute atomic E-state index is 12.3. The zero-order valence-electron chi connectivity index (χ0n) is 10.6. The van der Waals surface area contributed by atoms with Crippen molar-refractivity contribution in [1.29, 1.82) is 0 Å². The Morgan fingerprint density at radius 2 is 2.00 bits per heavy atom. The number of fused-ring (bicyclic) bond motifs is 1. The molecule has 0 fully saturated rings. The summed E-state index contributed by atoms with van der Waals surface area (Å²) in [5.74, 6) is 0. The van der Waals surface area contributed by atoms with E-state index in [9.17, 15) is 4.79 Å². The summed E-state index contributed by atoms with van der Waals surface area (Å²) in [6.07, 6.45) is 1.68. The first-order valence-corrected chi connectivity index (χ1v) is 6.52. The number of anilines is 1. The van der Waals surface area contributed by atoms with Crippen LogP contribution in [0, 0.1) is 0 Å². The van der Waals surface area contributed by atoms with Crippen LogP contribution in [0.1, 0.15) is 5.56 Å². The van der Waals surface area contributed by atoms with Crippen molar-refractivity contribution < 1.29 is 0 Å². The molecule has 4 nitrogen and oxygen atoms in total. The Kier molecular flexibility index (Phi) is 3.16. The Labute approximate surface area is 120 Å². The van der Waals surface area contributed by atoms with Gasteiger partial charge in [-0.05, 0) is 23.8 Å². The van der Waals surface area contributed by atoms with Crippen molar-refractivity contribution >= 4 is 28.1 Å². The van der Waals surface area contributed by atoms with E-state index in [2.05, 4.69) is 5.10 Å². The second-order valence-electron chi connectivity index (χ2n) is 4.54. The van der Waals surface area contributed by atoms with Gasteiger partial charge in [0.05, 0.1) is 18.1 Å². The number of halogens is 1. The van der Waals surface area contributed by atoms with Gasteiger partial charge in [0.1, 0.15) is 0 Å². The summed E-state index contributed by atoms with van der Waals surface area (Å²) in [4.78, 5) is 12.3. The first-order valence-electron chi connectivity index (χ1n) is 6.14. The number of nitrogens with two attached hydrogens (primary N) is 1. The summed E-state index contributed by atoms with van der Waals surface area (Å²) in [7, 11) is 0. The van der Waals surface area contributed by atoms with Crippen LogP contribution in [0.25, 0.3) is 10.8 Å². The van der Waals surface area contributed by atoms with Crippen molar-refractivity contribution in [1.82, 2.24) is 9.78 Å². The Balaban J connectivity index is 2.07. The monoisotopic (exact) mass is 285 g/mol. The first kappa shape index (κ1) is 12.7. The van der Waals surface area contributed by atoms with Gasteiger partial charge in [0, 0.05) is 16.1 Å². The predicted molar refractivity (Wildman–Crippen MR) is 81.0 cm³/mol. The maximum Gasteiger partial charge on any atom is 0.274 e. The molecule has 20 heavy (non-hydrogen) atoms. The van der Waals surface area contributed by atoms with Gasteiger partial charge in [0.15, 0.2) is 0 Å². The fourth-order valence-electron chi connectivity index (χ4n) is 2.11. The molecule has 0 bridgehead atoms. The molecule has 2 N–H and O–H groups in total. The average molecular weight is 286 g/mol. The molecule has 0 radical (unpaired) electrons. The molecule has 0 aliphatic rings. The highest BCUT2D eigenvalue weighted by molar-refractivity contribution is 6.30. The van der Waals surface area contributed by atoms with Crippen molar-refractivity contribution in [3.05, 3.63) is 69.6 Å². The van der Waals surface area contributed by atoms with Gasteiger partial charge >= 0.3 is 0 Å². The quantitative estimate of drug-likeness (QED) is 0.737. The molecule has 2 aromatic carbocycles. The molecule has 3 aromatic rings. The lowest BCUT2D eigenvalue weighted by Crippen LogP contribution is -2.23. The van der Waals surface area contributed by atoms with Gasteiger partial charge in [0.25, 0.3) is 5.56 Å². The van der Waals surface area contributed by atoms with Crippen LogP contribution < -0.4 is 11.3 Å². The summed E-state index contributed by atoms with van der Waals surface area (Å²) in [5.41, 5.74) is 7.15. The Morgan fingerprint density at radius 3 is 2.80 bits per heavy atom. The standard InChI is InChI=1S/C15H12ClN3O/c16-12-6-5-11(14(17)7-12)9-19-15(20)13-4-2-1-3-10(13)8-18-19/h1-8H,9,17H2. The van der Waals surface area contributed by atoms with Gasteiger partial charge in [-0.25, -0.2) is 4.68 Å². The number of hydrogen-bond acceptors (Lipinski definition) is 3. The normalized spacial score (nSPS) is 10.8. The average Bonchev–Trinajstić information content (AvgIpc) is 2.45. The highest BCUT2D eigenvalue weighted by Gasteiger charge is 2.06. The van der Waals surface area contributed by atoms with Gasteiger partial charge < -0.3 is 5.73 Å². The van der Waals surface area contributed by atoms with Crippen molar-refractivity contribution in [2.75, 3.05) is 5.73 Å². The molecule has 0 aliphatic heterocycles. The van der Waals surface area contributed by atoms with Gasteiger partial charge in [0.2, 0.25) is 0 Å². The fraction of sp³-hybridized carbons (Fsp3) is 0.0667. The van der Waals surface area contributed by atoms with E-state index in [-0.39, 0.29) is 5.56 Å². The molecule has 0 spiro atoms.